The molecule has 0 spiro atoms. The highest BCUT2D eigenvalue weighted by Crippen LogP contribution is 2.00. The zero-order chi connectivity index (χ0) is 12.1. The van der Waals surface area contributed by atoms with Gasteiger partial charge < -0.3 is 24.9 Å². The summed E-state index contributed by atoms with van der Waals surface area (Å²) in [5.41, 5.74) is 0. The third-order valence-corrected chi connectivity index (χ3v) is 1.46. The fourth-order valence-corrected chi connectivity index (χ4v) is 0.979. The van der Waals surface area contributed by atoms with Crippen molar-refractivity contribution in [3.63, 3.8) is 0 Å². The molecule has 5 N–H and O–H groups in total. The van der Waals surface area contributed by atoms with E-state index in [2.05, 4.69) is 5.32 Å². The molecule has 1 aliphatic heterocycles. The lowest BCUT2D eigenvalue weighted by Gasteiger charge is -1.91. The van der Waals surface area contributed by atoms with Crippen LogP contribution in [0.4, 0.5) is 0 Å². The molecule has 0 aromatic rings. The zero-order valence-corrected chi connectivity index (χ0v) is 10.3. The van der Waals surface area contributed by atoms with Crippen LogP contribution in [0.25, 0.3) is 0 Å². The van der Waals surface area contributed by atoms with Crippen LogP contribution in [0, 0.1) is 0 Å². The highest BCUT2D eigenvalue weighted by molar-refractivity contribution is 7.31. The molecular weight excluding hydrogens is 244 g/mol. The molecule has 1 aliphatic rings. The molecule has 0 bridgehead atoms. The van der Waals surface area contributed by atoms with Crippen molar-refractivity contribution in [2.45, 2.75) is 25.7 Å². The van der Waals surface area contributed by atoms with Crippen molar-refractivity contribution in [3.05, 3.63) is 0 Å². The molecule has 1 heterocycles. The third-order valence-electron chi connectivity index (χ3n) is 1.46. The predicted octanol–water partition coefficient (Wildman–Crippen LogP) is -0.129. The number of rotatable bonds is 0. The molecule has 0 atom stereocenters. The summed E-state index contributed by atoms with van der Waals surface area (Å²) in [6.07, 6.45) is 5.65. The minimum Gasteiger partial charge on any atom is -0.326 e. The van der Waals surface area contributed by atoms with Crippen molar-refractivity contribution in [2.24, 2.45) is 0 Å². The van der Waals surface area contributed by atoms with Gasteiger partial charge in [-0.2, -0.15) is 0 Å². The maximum Gasteiger partial charge on any atom is 0.314 e. The Hall–Kier alpha value is 0.260. The van der Waals surface area contributed by atoms with Crippen LogP contribution in [-0.4, -0.2) is 32.7 Å². The quantitative estimate of drug-likeness (QED) is 0.385. The maximum atomic E-state index is 8.74. The van der Waals surface area contributed by atoms with Crippen LogP contribution < -0.4 is 5.32 Å². The van der Waals surface area contributed by atoms with Crippen molar-refractivity contribution in [3.8, 4) is 0 Å². The van der Waals surface area contributed by atoms with Crippen molar-refractivity contribution in [2.75, 3.05) is 13.1 Å². The van der Waals surface area contributed by atoms with Gasteiger partial charge in [0.2, 0.25) is 0 Å². The van der Waals surface area contributed by atoms with Gasteiger partial charge in [0.1, 0.15) is 0 Å². The van der Waals surface area contributed by atoms with Gasteiger partial charge in [0.05, 0.1) is 0 Å². The Morgan fingerprint density at radius 3 is 1.27 bits per heavy atom. The van der Waals surface area contributed by atoms with Crippen LogP contribution in [0.3, 0.4) is 0 Å². The Labute approximate surface area is 90.1 Å². The average molecular weight is 263 g/mol. The first kappa shape index (κ1) is 17.6. The molecule has 0 aromatic heterocycles. The van der Waals surface area contributed by atoms with Crippen molar-refractivity contribution >= 4 is 16.5 Å². The molecule has 0 radical (unpaired) electrons. The molecular formula is C6H19NO6P2. The second-order valence-corrected chi connectivity index (χ2v) is 3.86. The van der Waals surface area contributed by atoms with Gasteiger partial charge in [-0.05, 0) is 25.9 Å². The van der Waals surface area contributed by atoms with Crippen molar-refractivity contribution in [1.29, 1.82) is 0 Å². The minimum atomic E-state index is -3.13. The van der Waals surface area contributed by atoms with Crippen molar-refractivity contribution in [1.82, 2.24) is 5.32 Å². The molecule has 1 rings (SSSR count). The zero-order valence-electron chi connectivity index (χ0n) is 8.35. The van der Waals surface area contributed by atoms with Crippen LogP contribution in [0.15, 0.2) is 0 Å². The second-order valence-electron chi connectivity index (χ2n) is 2.73. The van der Waals surface area contributed by atoms with E-state index in [1.807, 2.05) is 0 Å². The fourth-order valence-electron chi connectivity index (χ4n) is 0.979. The summed E-state index contributed by atoms with van der Waals surface area (Å²) in [4.78, 5) is 28.6. The van der Waals surface area contributed by atoms with E-state index in [1.165, 1.54) is 38.8 Å². The molecule has 1 saturated heterocycles. The normalized spacial score (nSPS) is 15.9. The summed E-state index contributed by atoms with van der Waals surface area (Å²) in [6.45, 7) is 2.50. The Bertz CT molecular complexity index is 139. The summed E-state index contributed by atoms with van der Waals surface area (Å²) in [6, 6.07) is 0. The molecule has 94 valence electrons. The van der Waals surface area contributed by atoms with Crippen LogP contribution in [0.5, 0.6) is 0 Å². The third kappa shape index (κ3) is 40.7. The first-order valence-electron chi connectivity index (χ1n) is 4.51. The Morgan fingerprint density at radius 2 is 1.00 bits per heavy atom. The van der Waals surface area contributed by atoms with Crippen molar-refractivity contribution < 1.29 is 28.7 Å². The van der Waals surface area contributed by atoms with Gasteiger partial charge in [0, 0.05) is 0 Å². The summed E-state index contributed by atoms with van der Waals surface area (Å²) < 4.78 is 17.5. The van der Waals surface area contributed by atoms with Gasteiger partial charge in [-0.1, -0.05) is 12.8 Å². The van der Waals surface area contributed by atoms with Gasteiger partial charge >= 0.3 is 16.5 Å². The molecule has 7 nitrogen and oxygen atoms in total. The van der Waals surface area contributed by atoms with Gasteiger partial charge in [0.15, 0.2) is 0 Å². The van der Waals surface area contributed by atoms with Gasteiger partial charge in [0.25, 0.3) is 0 Å². The molecule has 0 unspecified atom stereocenters. The van der Waals surface area contributed by atoms with E-state index in [-0.39, 0.29) is 0 Å². The Kier molecular flexibility index (Phi) is 16.8. The van der Waals surface area contributed by atoms with E-state index >= 15 is 0 Å². The monoisotopic (exact) mass is 263 g/mol. The lowest BCUT2D eigenvalue weighted by molar-refractivity contribution is 0.403. The average Bonchev–Trinajstić information content (AvgIpc) is 2.31. The smallest absolute Gasteiger partial charge is 0.314 e. The van der Waals surface area contributed by atoms with E-state index in [0.29, 0.717) is 0 Å². The summed E-state index contributed by atoms with van der Waals surface area (Å²) in [7, 11) is -6.26. The topological polar surface area (TPSA) is 127 Å². The standard InChI is InChI=1S/C6H13N.2H3O3P/c1-2-4-6-7-5-3-1;2*1-4(2)3/h7H,1-6H2;2*4H,(H2,1,2,3). The second kappa shape index (κ2) is 14.3. The van der Waals surface area contributed by atoms with Gasteiger partial charge in [-0.25, -0.2) is 0 Å². The van der Waals surface area contributed by atoms with Crippen LogP contribution in [0.2, 0.25) is 0 Å². The molecule has 0 saturated carbocycles. The molecule has 1 fully saturated rings. The summed E-state index contributed by atoms with van der Waals surface area (Å²) in [5.74, 6) is 0. The van der Waals surface area contributed by atoms with Crippen LogP contribution >= 0.6 is 16.5 Å². The fraction of sp³-hybridized carbons (Fsp3) is 1.00. The largest absolute Gasteiger partial charge is 0.326 e. The minimum absolute atomic E-state index is 1.25. The number of hydrogen-bond acceptors (Lipinski definition) is 3. The first-order valence-corrected chi connectivity index (χ1v) is 7.12. The Morgan fingerprint density at radius 1 is 0.733 bits per heavy atom. The SMILES string of the molecule is C1CCCNCC1.O=[PH](O)O.O=[PH](O)O. The van der Waals surface area contributed by atoms with Crippen LogP contribution in [-0.2, 0) is 9.13 Å². The van der Waals surface area contributed by atoms with Gasteiger partial charge in [-0.3, -0.25) is 9.13 Å². The van der Waals surface area contributed by atoms with E-state index < -0.39 is 16.5 Å². The number of nitrogens with one attached hydrogen (secondary N) is 1. The molecule has 9 heteroatoms. The Balaban J connectivity index is 0. The van der Waals surface area contributed by atoms with E-state index in [4.69, 9.17) is 28.7 Å². The first-order chi connectivity index (χ1) is 6.96. The summed E-state index contributed by atoms with van der Waals surface area (Å²) in [5, 5.41) is 3.35. The molecule has 0 amide bonds. The molecule has 15 heavy (non-hydrogen) atoms. The number of hydrogen-bond donors (Lipinski definition) is 5. The van der Waals surface area contributed by atoms with E-state index in [1.54, 1.807) is 0 Å². The lowest BCUT2D eigenvalue weighted by atomic mass is 10.2. The van der Waals surface area contributed by atoms with E-state index in [9.17, 15) is 0 Å². The van der Waals surface area contributed by atoms with Gasteiger partial charge in [-0.15, -0.1) is 0 Å². The maximum absolute atomic E-state index is 8.74. The predicted molar refractivity (Wildman–Crippen MR) is 58.2 cm³/mol. The highest BCUT2D eigenvalue weighted by atomic mass is 31.1. The molecule has 0 aliphatic carbocycles. The van der Waals surface area contributed by atoms with Crippen LogP contribution in [0.1, 0.15) is 25.7 Å². The summed E-state index contributed by atoms with van der Waals surface area (Å²) >= 11 is 0. The molecule has 0 aromatic carbocycles. The van der Waals surface area contributed by atoms with E-state index in [0.717, 1.165) is 0 Å². The highest BCUT2D eigenvalue weighted by Gasteiger charge is 1.94. The lowest BCUT2D eigenvalue weighted by Crippen LogP contribution is -2.12.